The van der Waals surface area contributed by atoms with Gasteiger partial charge in [0, 0.05) is 6.20 Å². The molecule has 2 heterocycles. The highest BCUT2D eigenvalue weighted by Gasteiger charge is 2.11. The van der Waals surface area contributed by atoms with Crippen LogP contribution in [-0.2, 0) is 0 Å². The Balaban J connectivity index is 2.63. The van der Waals surface area contributed by atoms with Gasteiger partial charge in [-0.3, -0.25) is 4.40 Å². The first-order chi connectivity index (χ1) is 6.22. The summed E-state index contributed by atoms with van der Waals surface area (Å²) in [7, 11) is 0. The van der Waals surface area contributed by atoms with E-state index in [4.69, 9.17) is 5.11 Å². The molecule has 0 aromatic carbocycles. The van der Waals surface area contributed by atoms with Crippen molar-refractivity contribution in [2.24, 2.45) is 0 Å². The molecule has 0 aliphatic heterocycles. The van der Waals surface area contributed by atoms with E-state index >= 15 is 0 Å². The molecule has 13 heavy (non-hydrogen) atoms. The molecule has 0 spiro atoms. The Morgan fingerprint density at radius 2 is 2.54 bits per heavy atom. The fraction of sp³-hybridized carbons (Fsp3) is 0.143. The van der Waals surface area contributed by atoms with Gasteiger partial charge in [-0.1, -0.05) is 0 Å². The van der Waals surface area contributed by atoms with E-state index in [1.54, 1.807) is 16.9 Å². The van der Waals surface area contributed by atoms with Gasteiger partial charge in [0.1, 0.15) is 21.1 Å². The smallest absolute Gasteiger partial charge is 0.347 e. The average Bonchev–Trinajstić information content (AvgIpc) is 2.60. The minimum atomic E-state index is -0.888. The third kappa shape index (κ3) is 1.31. The van der Waals surface area contributed by atoms with Crippen molar-refractivity contribution in [3.8, 4) is 0 Å². The van der Waals surface area contributed by atoms with Gasteiger partial charge in [0.2, 0.25) is 0 Å². The normalized spacial score (nSPS) is 10.8. The summed E-state index contributed by atoms with van der Waals surface area (Å²) in [5, 5.41) is 9.61. The van der Waals surface area contributed by atoms with Crippen LogP contribution in [0.25, 0.3) is 4.83 Å². The van der Waals surface area contributed by atoms with Crippen LogP contribution >= 0.6 is 23.1 Å². The molecule has 0 fully saturated rings. The van der Waals surface area contributed by atoms with Gasteiger partial charge < -0.3 is 5.11 Å². The van der Waals surface area contributed by atoms with Crippen LogP contribution in [-0.4, -0.2) is 26.7 Å². The molecule has 0 saturated heterocycles. The Morgan fingerprint density at radius 1 is 1.77 bits per heavy atom. The summed E-state index contributed by atoms with van der Waals surface area (Å²) in [6, 6.07) is 0. The molecule has 68 valence electrons. The van der Waals surface area contributed by atoms with E-state index in [9.17, 15) is 4.79 Å². The lowest BCUT2D eigenvalue weighted by Crippen LogP contribution is -1.90. The third-order valence-corrected chi connectivity index (χ3v) is 3.50. The number of thioether (sulfide) groups is 1. The van der Waals surface area contributed by atoms with Crippen LogP contribution in [0, 0.1) is 0 Å². The van der Waals surface area contributed by atoms with E-state index in [0.29, 0.717) is 4.88 Å². The molecule has 0 aliphatic rings. The van der Waals surface area contributed by atoms with Crippen LogP contribution in [0.2, 0.25) is 0 Å². The molecule has 0 atom stereocenters. The van der Waals surface area contributed by atoms with E-state index in [1.165, 1.54) is 23.1 Å². The Kier molecular flexibility index (Phi) is 2.01. The van der Waals surface area contributed by atoms with Crippen LogP contribution in [0.3, 0.4) is 0 Å². The molecule has 0 aliphatic carbocycles. The average molecular weight is 214 g/mol. The van der Waals surface area contributed by atoms with Gasteiger partial charge in [-0.25, -0.2) is 9.78 Å². The highest BCUT2D eigenvalue weighted by atomic mass is 32.2. The number of carbonyl (C=O) groups is 1. The number of aromatic nitrogens is 2. The van der Waals surface area contributed by atoms with Crippen molar-refractivity contribution in [1.82, 2.24) is 9.38 Å². The molecule has 0 radical (unpaired) electrons. The second-order valence-electron chi connectivity index (χ2n) is 2.37. The van der Waals surface area contributed by atoms with E-state index < -0.39 is 5.97 Å². The number of imidazole rings is 1. The summed E-state index contributed by atoms with van der Waals surface area (Å²) in [6.45, 7) is 0. The van der Waals surface area contributed by atoms with Crippen LogP contribution in [0.15, 0.2) is 17.6 Å². The number of hydrogen-bond donors (Lipinski definition) is 1. The predicted octanol–water partition coefficient (Wildman–Crippen LogP) is 1.82. The Bertz CT molecular complexity index is 460. The first kappa shape index (κ1) is 8.58. The van der Waals surface area contributed by atoms with E-state index in [1.807, 2.05) is 6.26 Å². The molecular formula is C7H6N2O2S2. The number of fused-ring (bicyclic) bond motifs is 1. The summed E-state index contributed by atoms with van der Waals surface area (Å²) >= 11 is 2.76. The van der Waals surface area contributed by atoms with Gasteiger partial charge in [0.15, 0.2) is 0 Å². The monoisotopic (exact) mass is 214 g/mol. The Hall–Kier alpha value is -1.01. The van der Waals surface area contributed by atoms with E-state index in [2.05, 4.69) is 4.98 Å². The maximum atomic E-state index is 10.6. The molecule has 0 amide bonds. The molecule has 0 unspecified atom stereocenters. The molecule has 6 heteroatoms. The van der Waals surface area contributed by atoms with Gasteiger partial charge in [-0.05, 0) is 6.26 Å². The van der Waals surface area contributed by atoms with Crippen molar-refractivity contribution < 1.29 is 9.90 Å². The lowest BCUT2D eigenvalue weighted by Gasteiger charge is -1.84. The minimum absolute atomic E-state index is 0.340. The predicted molar refractivity (Wildman–Crippen MR) is 51.8 cm³/mol. The third-order valence-electron chi connectivity index (χ3n) is 1.58. The van der Waals surface area contributed by atoms with Crippen molar-refractivity contribution in [3.63, 3.8) is 0 Å². The van der Waals surface area contributed by atoms with Crippen LogP contribution < -0.4 is 0 Å². The van der Waals surface area contributed by atoms with Gasteiger partial charge in [-0.15, -0.1) is 23.1 Å². The summed E-state index contributed by atoms with van der Waals surface area (Å²) in [6.07, 6.45) is 5.13. The zero-order valence-electron chi connectivity index (χ0n) is 6.72. The quantitative estimate of drug-likeness (QED) is 0.775. The molecule has 2 rings (SSSR count). The van der Waals surface area contributed by atoms with Crippen LogP contribution in [0.1, 0.15) is 9.67 Å². The van der Waals surface area contributed by atoms with E-state index in [-0.39, 0.29) is 0 Å². The summed E-state index contributed by atoms with van der Waals surface area (Å²) in [5.41, 5.74) is 0. The minimum Gasteiger partial charge on any atom is -0.477 e. The molecule has 1 N–H and O–H groups in total. The maximum Gasteiger partial charge on any atom is 0.347 e. The van der Waals surface area contributed by atoms with Crippen molar-refractivity contribution in [3.05, 3.63) is 17.4 Å². The zero-order chi connectivity index (χ0) is 9.42. The van der Waals surface area contributed by atoms with Gasteiger partial charge in [0.05, 0.1) is 0 Å². The summed E-state index contributed by atoms with van der Waals surface area (Å²) in [4.78, 5) is 16.0. The topological polar surface area (TPSA) is 54.6 Å². The molecule has 0 saturated carbocycles. The molecule has 0 bridgehead atoms. The number of hydrogen-bond acceptors (Lipinski definition) is 4. The first-order valence-corrected chi connectivity index (χ1v) is 5.50. The number of nitrogens with zero attached hydrogens (tertiary/aromatic N) is 2. The second kappa shape index (κ2) is 3.04. The Morgan fingerprint density at radius 3 is 3.15 bits per heavy atom. The first-order valence-electron chi connectivity index (χ1n) is 3.46. The molecular weight excluding hydrogens is 208 g/mol. The number of carboxylic acid groups (broad SMARTS) is 1. The van der Waals surface area contributed by atoms with Crippen molar-refractivity contribution in [2.75, 3.05) is 6.26 Å². The largest absolute Gasteiger partial charge is 0.477 e. The maximum absolute atomic E-state index is 10.6. The van der Waals surface area contributed by atoms with Gasteiger partial charge in [-0.2, -0.15) is 0 Å². The number of rotatable bonds is 2. The lowest BCUT2D eigenvalue weighted by atomic mass is 10.6. The Labute approximate surface area is 82.2 Å². The number of aromatic carboxylic acids is 1. The fourth-order valence-electron chi connectivity index (χ4n) is 1.02. The van der Waals surface area contributed by atoms with Crippen LogP contribution in [0.4, 0.5) is 0 Å². The highest BCUT2D eigenvalue weighted by molar-refractivity contribution is 7.98. The molecule has 4 nitrogen and oxygen atoms in total. The molecule has 2 aromatic heterocycles. The van der Waals surface area contributed by atoms with Crippen LogP contribution in [0.5, 0.6) is 0 Å². The highest BCUT2D eigenvalue weighted by Crippen LogP contribution is 2.26. The number of thiazole rings is 1. The summed E-state index contributed by atoms with van der Waals surface area (Å²) < 4.78 is 1.74. The van der Waals surface area contributed by atoms with E-state index in [0.717, 1.165) is 9.86 Å². The second-order valence-corrected chi connectivity index (χ2v) is 4.19. The number of carboxylic acids is 1. The fourth-order valence-corrected chi connectivity index (χ4v) is 2.63. The standard InChI is InChI=1S/C7H6N2O2S2/c1-12-5-6-9(3-8-5)2-4(13-6)7(10)11/h2-3H,1H3,(H,10,11). The van der Waals surface area contributed by atoms with Gasteiger partial charge >= 0.3 is 5.97 Å². The molecule has 2 aromatic rings. The van der Waals surface area contributed by atoms with Crippen molar-refractivity contribution >= 4 is 33.9 Å². The lowest BCUT2D eigenvalue weighted by molar-refractivity contribution is 0.0702. The zero-order valence-corrected chi connectivity index (χ0v) is 8.35. The van der Waals surface area contributed by atoms with Crippen molar-refractivity contribution in [1.29, 1.82) is 0 Å². The summed E-state index contributed by atoms with van der Waals surface area (Å²) in [5.74, 6) is -0.888. The van der Waals surface area contributed by atoms with Crippen molar-refractivity contribution in [2.45, 2.75) is 5.03 Å². The van der Waals surface area contributed by atoms with Gasteiger partial charge in [0.25, 0.3) is 0 Å². The SMILES string of the molecule is CSc1ncn2cc(C(=O)O)sc12.